The summed E-state index contributed by atoms with van der Waals surface area (Å²) in [5.41, 5.74) is 0.860. The van der Waals surface area contributed by atoms with Gasteiger partial charge >= 0.3 is 0 Å². The van der Waals surface area contributed by atoms with Crippen molar-refractivity contribution >= 4 is 27.5 Å². The molecule has 16 heavy (non-hydrogen) atoms. The Morgan fingerprint density at radius 1 is 1.44 bits per heavy atom. The number of methoxy groups -OCH3 is 1. The highest BCUT2D eigenvalue weighted by Crippen LogP contribution is 2.31. The molecule has 0 radical (unpaired) electrons. The fourth-order valence-electron chi connectivity index (χ4n) is 1.92. The third kappa shape index (κ3) is 2.07. The van der Waals surface area contributed by atoms with E-state index in [1.54, 1.807) is 12.0 Å². The van der Waals surface area contributed by atoms with Crippen LogP contribution in [0.1, 0.15) is 12.8 Å². The number of rotatable bonds is 2. The van der Waals surface area contributed by atoms with Crippen LogP contribution in [0.2, 0.25) is 0 Å². The molecule has 1 heterocycles. The SMILES string of the molecule is COc1ccccc1N1CCCC(Br)C1=O. The highest BCUT2D eigenvalue weighted by Gasteiger charge is 2.28. The van der Waals surface area contributed by atoms with Crippen molar-refractivity contribution in [2.24, 2.45) is 0 Å². The number of amides is 1. The molecule has 1 aliphatic heterocycles. The van der Waals surface area contributed by atoms with E-state index in [0.29, 0.717) is 0 Å². The molecule has 1 aromatic carbocycles. The summed E-state index contributed by atoms with van der Waals surface area (Å²) in [6.45, 7) is 0.765. The molecule has 1 saturated heterocycles. The van der Waals surface area contributed by atoms with Crippen molar-refractivity contribution in [3.8, 4) is 5.75 Å². The number of nitrogens with zero attached hydrogens (tertiary/aromatic N) is 1. The summed E-state index contributed by atoms with van der Waals surface area (Å²) in [5, 5.41) is 0. The number of carbonyl (C=O) groups excluding carboxylic acids is 1. The van der Waals surface area contributed by atoms with Crippen molar-refractivity contribution in [3.05, 3.63) is 24.3 Å². The van der Waals surface area contributed by atoms with Gasteiger partial charge in [-0.25, -0.2) is 0 Å². The summed E-state index contributed by atoms with van der Waals surface area (Å²) in [4.78, 5) is 13.7. The van der Waals surface area contributed by atoms with Crippen LogP contribution in [0, 0.1) is 0 Å². The van der Waals surface area contributed by atoms with Gasteiger partial charge in [-0.2, -0.15) is 0 Å². The number of halogens is 1. The van der Waals surface area contributed by atoms with Gasteiger partial charge in [-0.05, 0) is 25.0 Å². The van der Waals surface area contributed by atoms with Crippen LogP contribution in [0.25, 0.3) is 0 Å². The number of benzene rings is 1. The number of anilines is 1. The maximum atomic E-state index is 12.0. The van der Waals surface area contributed by atoms with Gasteiger partial charge < -0.3 is 9.64 Å². The monoisotopic (exact) mass is 283 g/mol. The lowest BCUT2D eigenvalue weighted by molar-refractivity contribution is -0.118. The third-order valence-corrected chi connectivity index (χ3v) is 3.60. The minimum atomic E-state index is -0.0637. The average molecular weight is 284 g/mol. The molecule has 0 aliphatic carbocycles. The van der Waals surface area contributed by atoms with E-state index >= 15 is 0 Å². The molecule has 1 atom stereocenters. The minimum absolute atomic E-state index is 0.0637. The van der Waals surface area contributed by atoms with E-state index in [1.807, 2.05) is 24.3 Å². The molecule has 0 N–H and O–H groups in total. The van der Waals surface area contributed by atoms with Crippen molar-refractivity contribution in [1.82, 2.24) is 0 Å². The summed E-state index contributed by atoms with van der Waals surface area (Å²) >= 11 is 3.41. The Morgan fingerprint density at radius 3 is 2.94 bits per heavy atom. The summed E-state index contributed by atoms with van der Waals surface area (Å²) in [6.07, 6.45) is 1.92. The molecule has 86 valence electrons. The van der Waals surface area contributed by atoms with Crippen LogP contribution >= 0.6 is 15.9 Å². The van der Waals surface area contributed by atoms with E-state index in [-0.39, 0.29) is 10.7 Å². The second-order valence-electron chi connectivity index (χ2n) is 3.77. The number of hydrogen-bond donors (Lipinski definition) is 0. The van der Waals surface area contributed by atoms with E-state index < -0.39 is 0 Å². The highest BCUT2D eigenvalue weighted by molar-refractivity contribution is 9.10. The van der Waals surface area contributed by atoms with Gasteiger partial charge in [0.1, 0.15) is 5.75 Å². The second-order valence-corrected chi connectivity index (χ2v) is 4.88. The Morgan fingerprint density at radius 2 is 2.19 bits per heavy atom. The van der Waals surface area contributed by atoms with Crippen molar-refractivity contribution in [1.29, 1.82) is 0 Å². The van der Waals surface area contributed by atoms with Crippen molar-refractivity contribution < 1.29 is 9.53 Å². The summed E-state index contributed by atoms with van der Waals surface area (Å²) < 4.78 is 5.27. The smallest absolute Gasteiger partial charge is 0.240 e. The summed E-state index contributed by atoms with van der Waals surface area (Å²) in [6, 6.07) is 7.62. The van der Waals surface area contributed by atoms with E-state index in [9.17, 15) is 4.79 Å². The average Bonchev–Trinajstić information content (AvgIpc) is 2.33. The third-order valence-electron chi connectivity index (χ3n) is 2.75. The molecule has 1 fully saturated rings. The molecule has 2 rings (SSSR count). The molecular formula is C12H14BrNO2. The Hall–Kier alpha value is -1.03. The molecule has 1 unspecified atom stereocenters. The van der Waals surface area contributed by atoms with E-state index in [1.165, 1.54) is 0 Å². The maximum Gasteiger partial charge on any atom is 0.240 e. The number of ether oxygens (including phenoxy) is 1. The molecule has 0 saturated carbocycles. The molecule has 3 nitrogen and oxygen atoms in total. The molecule has 1 aromatic rings. The standard InChI is InChI=1S/C12H14BrNO2/c1-16-11-7-3-2-6-10(11)14-8-4-5-9(13)12(14)15/h2-3,6-7,9H,4-5,8H2,1H3. The molecule has 1 aliphatic rings. The lowest BCUT2D eigenvalue weighted by atomic mass is 10.1. The zero-order valence-electron chi connectivity index (χ0n) is 9.15. The zero-order valence-corrected chi connectivity index (χ0v) is 10.7. The predicted octanol–water partition coefficient (Wildman–Crippen LogP) is 2.59. The van der Waals surface area contributed by atoms with Gasteiger partial charge in [0, 0.05) is 6.54 Å². The van der Waals surface area contributed by atoms with Crippen LogP contribution in [0.15, 0.2) is 24.3 Å². The van der Waals surface area contributed by atoms with Crippen LogP contribution < -0.4 is 9.64 Å². The van der Waals surface area contributed by atoms with Crippen LogP contribution in [0.3, 0.4) is 0 Å². The van der Waals surface area contributed by atoms with Crippen molar-refractivity contribution in [2.75, 3.05) is 18.6 Å². The topological polar surface area (TPSA) is 29.5 Å². The lowest BCUT2D eigenvalue weighted by Crippen LogP contribution is -2.41. The van der Waals surface area contributed by atoms with Crippen LogP contribution in [-0.4, -0.2) is 24.4 Å². The first-order valence-electron chi connectivity index (χ1n) is 5.32. The van der Waals surface area contributed by atoms with Gasteiger partial charge in [-0.15, -0.1) is 0 Å². The number of carbonyl (C=O) groups is 1. The fraction of sp³-hybridized carbons (Fsp3) is 0.417. The Balaban J connectivity index is 2.32. The highest BCUT2D eigenvalue weighted by atomic mass is 79.9. The Labute approximate surface area is 104 Å². The van der Waals surface area contributed by atoms with Gasteiger partial charge in [0.05, 0.1) is 17.6 Å². The molecule has 4 heteroatoms. The first kappa shape index (κ1) is 11.5. The van der Waals surface area contributed by atoms with Gasteiger partial charge in [-0.3, -0.25) is 4.79 Å². The zero-order chi connectivity index (χ0) is 11.5. The van der Waals surface area contributed by atoms with Gasteiger partial charge in [0.2, 0.25) is 5.91 Å². The number of piperidine rings is 1. The quantitative estimate of drug-likeness (QED) is 0.781. The number of hydrogen-bond acceptors (Lipinski definition) is 2. The first-order valence-corrected chi connectivity index (χ1v) is 6.24. The largest absolute Gasteiger partial charge is 0.495 e. The van der Waals surface area contributed by atoms with Crippen LogP contribution in [-0.2, 0) is 4.79 Å². The molecular weight excluding hydrogens is 270 g/mol. The van der Waals surface area contributed by atoms with Gasteiger partial charge in [-0.1, -0.05) is 28.1 Å². The molecule has 0 spiro atoms. The van der Waals surface area contributed by atoms with Gasteiger partial charge in [0.15, 0.2) is 0 Å². The van der Waals surface area contributed by atoms with E-state index in [0.717, 1.165) is 30.8 Å². The predicted molar refractivity (Wildman–Crippen MR) is 67.3 cm³/mol. The van der Waals surface area contributed by atoms with E-state index in [4.69, 9.17) is 4.74 Å². The number of alkyl halides is 1. The Kier molecular flexibility index (Phi) is 3.49. The van der Waals surface area contributed by atoms with Crippen LogP contribution in [0.4, 0.5) is 5.69 Å². The van der Waals surface area contributed by atoms with Crippen molar-refractivity contribution in [2.45, 2.75) is 17.7 Å². The second kappa shape index (κ2) is 4.87. The molecule has 0 aromatic heterocycles. The lowest BCUT2D eigenvalue weighted by Gasteiger charge is -2.30. The number of para-hydroxylation sites is 2. The Bertz CT molecular complexity index is 394. The maximum absolute atomic E-state index is 12.0. The molecule has 0 bridgehead atoms. The minimum Gasteiger partial charge on any atom is -0.495 e. The fourth-order valence-corrected chi connectivity index (χ4v) is 2.49. The van der Waals surface area contributed by atoms with Crippen molar-refractivity contribution in [3.63, 3.8) is 0 Å². The van der Waals surface area contributed by atoms with E-state index in [2.05, 4.69) is 15.9 Å². The summed E-state index contributed by atoms with van der Waals surface area (Å²) in [5.74, 6) is 0.869. The van der Waals surface area contributed by atoms with Gasteiger partial charge in [0.25, 0.3) is 0 Å². The summed E-state index contributed by atoms with van der Waals surface area (Å²) in [7, 11) is 1.62. The normalized spacial score (nSPS) is 21.0. The first-order chi connectivity index (χ1) is 7.74. The van der Waals surface area contributed by atoms with Crippen LogP contribution in [0.5, 0.6) is 5.75 Å². The molecule has 1 amide bonds.